The molecule has 0 aliphatic carbocycles. The molecule has 0 spiro atoms. The van der Waals surface area contributed by atoms with Crippen molar-refractivity contribution >= 4 is 22.7 Å². The van der Waals surface area contributed by atoms with Crippen molar-refractivity contribution in [2.75, 3.05) is 6.26 Å². The molecule has 2 aromatic rings. The van der Waals surface area contributed by atoms with Crippen LogP contribution in [0.25, 0.3) is 10.9 Å². The van der Waals surface area contributed by atoms with Gasteiger partial charge in [-0.25, -0.2) is 0 Å². The summed E-state index contributed by atoms with van der Waals surface area (Å²) >= 11 is 1.80. The van der Waals surface area contributed by atoms with Crippen LogP contribution in [0, 0.1) is 0 Å². The average Bonchev–Trinajstić information content (AvgIpc) is 2.58. The first-order chi connectivity index (χ1) is 7.65. The Bertz CT molecular complexity index is 502. The molecule has 2 nitrogen and oxygen atoms in total. The van der Waals surface area contributed by atoms with Crippen LogP contribution in [-0.4, -0.2) is 15.9 Å². The fraction of sp³-hybridized carbons (Fsp3) is 0.385. The number of hydrogen-bond donors (Lipinski definition) is 1. The van der Waals surface area contributed by atoms with E-state index in [1.54, 1.807) is 17.8 Å². The molecule has 1 heterocycles. The zero-order chi connectivity index (χ0) is 11.7. The minimum atomic E-state index is 0.368. The zero-order valence-electron chi connectivity index (χ0n) is 9.90. The van der Waals surface area contributed by atoms with Crippen LogP contribution in [0.4, 0.5) is 0 Å². The van der Waals surface area contributed by atoms with Gasteiger partial charge < -0.3 is 9.67 Å². The monoisotopic (exact) mass is 235 g/mol. The number of hydrogen-bond acceptors (Lipinski definition) is 2. The number of aromatic hydroxyl groups is 1. The Morgan fingerprint density at radius 3 is 2.75 bits per heavy atom. The van der Waals surface area contributed by atoms with Gasteiger partial charge in [-0.1, -0.05) is 12.1 Å². The molecule has 2 rings (SSSR count). The van der Waals surface area contributed by atoms with Crippen molar-refractivity contribution in [2.24, 2.45) is 0 Å². The maximum absolute atomic E-state index is 9.95. The van der Waals surface area contributed by atoms with Gasteiger partial charge in [0.05, 0.1) is 5.52 Å². The van der Waals surface area contributed by atoms with Gasteiger partial charge >= 0.3 is 0 Å². The third-order valence-electron chi connectivity index (χ3n) is 2.73. The lowest BCUT2D eigenvalue weighted by Gasteiger charge is -2.14. The minimum absolute atomic E-state index is 0.368. The Labute approximate surface area is 100 Å². The van der Waals surface area contributed by atoms with Crippen LogP contribution in [0.5, 0.6) is 5.75 Å². The third-order valence-corrected chi connectivity index (χ3v) is 3.31. The summed E-state index contributed by atoms with van der Waals surface area (Å²) in [7, 11) is 0. The Balaban J connectivity index is 2.72. The van der Waals surface area contributed by atoms with Crippen molar-refractivity contribution in [2.45, 2.75) is 25.6 Å². The number of rotatable bonds is 3. The van der Waals surface area contributed by atoms with E-state index in [-0.39, 0.29) is 0 Å². The van der Waals surface area contributed by atoms with Crippen LogP contribution in [-0.2, 0) is 5.75 Å². The Morgan fingerprint density at radius 2 is 2.12 bits per heavy atom. The van der Waals surface area contributed by atoms with Gasteiger partial charge in [0.25, 0.3) is 0 Å². The summed E-state index contributed by atoms with van der Waals surface area (Å²) in [5.74, 6) is 1.35. The van der Waals surface area contributed by atoms with Crippen molar-refractivity contribution < 1.29 is 5.11 Å². The van der Waals surface area contributed by atoms with Gasteiger partial charge in [-0.15, -0.1) is 0 Å². The van der Waals surface area contributed by atoms with Gasteiger partial charge in [-0.2, -0.15) is 11.8 Å². The second-order valence-electron chi connectivity index (χ2n) is 4.25. The predicted molar refractivity (Wildman–Crippen MR) is 71.2 cm³/mol. The molecule has 1 aromatic heterocycles. The molecule has 1 aromatic carbocycles. The molecule has 86 valence electrons. The van der Waals surface area contributed by atoms with Crippen LogP contribution in [0.15, 0.2) is 24.3 Å². The van der Waals surface area contributed by atoms with Gasteiger partial charge in [0, 0.05) is 22.9 Å². The number of phenols is 1. The average molecular weight is 235 g/mol. The number of fused-ring (bicyclic) bond motifs is 1. The van der Waals surface area contributed by atoms with Crippen molar-refractivity contribution in [3.63, 3.8) is 0 Å². The molecular weight excluding hydrogens is 218 g/mol. The van der Waals surface area contributed by atoms with E-state index >= 15 is 0 Å². The highest BCUT2D eigenvalue weighted by Crippen LogP contribution is 2.32. The summed E-state index contributed by atoms with van der Waals surface area (Å²) in [6.07, 6.45) is 2.10. The number of nitrogens with zero attached hydrogens (tertiary/aromatic N) is 1. The minimum Gasteiger partial charge on any atom is -0.506 e. The van der Waals surface area contributed by atoms with Crippen molar-refractivity contribution in [3.05, 3.63) is 30.0 Å². The second kappa shape index (κ2) is 4.42. The first-order valence-corrected chi connectivity index (χ1v) is 6.85. The maximum atomic E-state index is 9.95. The van der Waals surface area contributed by atoms with E-state index < -0.39 is 0 Å². The normalized spacial score (nSPS) is 11.5. The fourth-order valence-electron chi connectivity index (χ4n) is 2.17. The number of para-hydroxylation sites is 1. The molecule has 0 saturated heterocycles. The highest BCUT2D eigenvalue weighted by atomic mass is 32.2. The smallest absolute Gasteiger partial charge is 0.139 e. The Kier molecular flexibility index (Phi) is 3.15. The Morgan fingerprint density at radius 1 is 1.38 bits per heavy atom. The van der Waals surface area contributed by atoms with Gasteiger partial charge in [0.2, 0.25) is 0 Å². The third kappa shape index (κ3) is 1.80. The second-order valence-corrected chi connectivity index (χ2v) is 5.11. The molecule has 0 radical (unpaired) electrons. The van der Waals surface area contributed by atoms with Gasteiger partial charge in [0.1, 0.15) is 5.75 Å². The summed E-state index contributed by atoms with van der Waals surface area (Å²) in [6.45, 7) is 4.30. The number of thioether (sulfide) groups is 1. The summed E-state index contributed by atoms with van der Waals surface area (Å²) in [6, 6.07) is 8.24. The predicted octanol–water partition coefficient (Wildman–Crippen LogP) is 3.79. The highest BCUT2D eigenvalue weighted by Gasteiger charge is 2.13. The summed E-state index contributed by atoms with van der Waals surface area (Å²) in [5.41, 5.74) is 2.24. The zero-order valence-corrected chi connectivity index (χ0v) is 10.7. The standard InChI is InChI=1S/C13H17NOS/c1-9(2)14-11(8-16-3)7-10-5-4-6-12(15)13(10)14/h4-7,9,15H,8H2,1-3H3. The molecule has 0 amide bonds. The van der Waals surface area contributed by atoms with Crippen LogP contribution in [0.1, 0.15) is 25.6 Å². The number of aromatic nitrogens is 1. The van der Waals surface area contributed by atoms with Gasteiger partial charge in [-0.3, -0.25) is 0 Å². The molecule has 0 atom stereocenters. The molecule has 3 heteroatoms. The van der Waals surface area contributed by atoms with Crippen molar-refractivity contribution in [1.82, 2.24) is 4.57 Å². The largest absolute Gasteiger partial charge is 0.506 e. The molecule has 0 aliphatic rings. The van der Waals surface area contributed by atoms with E-state index in [0.29, 0.717) is 11.8 Å². The lowest BCUT2D eigenvalue weighted by atomic mass is 10.2. The molecule has 0 unspecified atom stereocenters. The molecular formula is C13H17NOS. The van der Waals surface area contributed by atoms with Gasteiger partial charge in [-0.05, 0) is 32.2 Å². The van der Waals surface area contributed by atoms with E-state index in [1.807, 2.05) is 6.07 Å². The first-order valence-electron chi connectivity index (χ1n) is 5.46. The lowest BCUT2D eigenvalue weighted by molar-refractivity contribution is 0.474. The molecule has 16 heavy (non-hydrogen) atoms. The van der Waals surface area contributed by atoms with E-state index in [0.717, 1.165) is 16.7 Å². The van der Waals surface area contributed by atoms with E-state index in [4.69, 9.17) is 0 Å². The quantitative estimate of drug-likeness (QED) is 0.875. The van der Waals surface area contributed by atoms with E-state index in [9.17, 15) is 5.11 Å². The number of phenolic OH excluding ortho intramolecular Hbond substituents is 1. The van der Waals surface area contributed by atoms with Crippen molar-refractivity contribution in [1.29, 1.82) is 0 Å². The van der Waals surface area contributed by atoms with E-state index in [2.05, 4.69) is 36.8 Å². The topological polar surface area (TPSA) is 25.2 Å². The van der Waals surface area contributed by atoms with Crippen LogP contribution in [0.2, 0.25) is 0 Å². The van der Waals surface area contributed by atoms with Crippen LogP contribution in [0.3, 0.4) is 0 Å². The first kappa shape index (κ1) is 11.4. The fourth-order valence-corrected chi connectivity index (χ4v) is 2.69. The SMILES string of the molecule is CSCc1cc2cccc(O)c2n1C(C)C. The highest BCUT2D eigenvalue weighted by molar-refractivity contribution is 7.97. The van der Waals surface area contributed by atoms with Crippen molar-refractivity contribution in [3.8, 4) is 5.75 Å². The molecule has 0 bridgehead atoms. The Hall–Kier alpha value is -1.09. The van der Waals surface area contributed by atoms with Crippen LogP contribution >= 0.6 is 11.8 Å². The molecule has 0 saturated carbocycles. The van der Waals surface area contributed by atoms with Gasteiger partial charge in [0.15, 0.2) is 0 Å². The summed E-state index contributed by atoms with van der Waals surface area (Å²) in [5, 5.41) is 11.1. The molecule has 0 aliphatic heterocycles. The summed E-state index contributed by atoms with van der Waals surface area (Å²) in [4.78, 5) is 0. The maximum Gasteiger partial charge on any atom is 0.139 e. The van der Waals surface area contributed by atoms with E-state index in [1.165, 1.54) is 5.69 Å². The number of benzene rings is 1. The molecule has 0 fully saturated rings. The summed E-state index contributed by atoms with van der Waals surface area (Å²) < 4.78 is 2.22. The molecule has 1 N–H and O–H groups in total. The lowest BCUT2D eigenvalue weighted by Crippen LogP contribution is -2.04. The van der Waals surface area contributed by atoms with Crippen LogP contribution < -0.4 is 0 Å².